The molecule has 16 heteroatoms. The van der Waals surface area contributed by atoms with E-state index in [1.807, 2.05) is 104 Å². The third kappa shape index (κ3) is 12.1. The number of aliphatic hydroxyl groups is 3. The van der Waals surface area contributed by atoms with Gasteiger partial charge >= 0.3 is 5.97 Å². The van der Waals surface area contributed by atoms with Crippen LogP contribution in [0.15, 0.2) is 97.1 Å². The number of nitrogens with zero attached hydrogens (tertiary/aromatic N) is 2. The van der Waals surface area contributed by atoms with Crippen LogP contribution in [0.2, 0.25) is 0 Å². The predicted molar refractivity (Wildman–Crippen MR) is 307 cm³/mol. The summed E-state index contributed by atoms with van der Waals surface area (Å²) < 4.78 is 5.36. The first-order valence-electron chi connectivity index (χ1n) is 29.0. The Labute approximate surface area is 472 Å². The molecule has 9 aliphatic rings. The van der Waals surface area contributed by atoms with Crippen molar-refractivity contribution in [1.82, 2.24) is 15.4 Å². The van der Waals surface area contributed by atoms with Crippen LogP contribution in [0, 0.1) is 58.2 Å². The molecule has 16 atom stereocenters. The van der Waals surface area contributed by atoms with E-state index in [1.165, 1.54) is 33.1 Å². The molecule has 4 aromatic carbocycles. The molecule has 6 saturated carbocycles. The molecule has 432 valence electrons. The molecule has 3 heterocycles. The minimum Gasteiger partial charge on any atom is -0.461 e. The number of fused-ring (bicyclic) bond motifs is 5. The lowest BCUT2D eigenvalue weighted by atomic mass is 9.45. The Hall–Kier alpha value is -5.56. The third-order valence-electron chi connectivity index (χ3n) is 19.7. The van der Waals surface area contributed by atoms with Gasteiger partial charge in [-0.2, -0.15) is 10.1 Å². The highest BCUT2D eigenvalue weighted by Crippen LogP contribution is 2.62. The third-order valence-corrected chi connectivity index (χ3v) is 19.7. The molecule has 6 aliphatic carbocycles. The minimum absolute atomic E-state index is 0.0951. The van der Waals surface area contributed by atoms with Crippen molar-refractivity contribution in [3.63, 3.8) is 0 Å². The lowest BCUT2D eigenvalue weighted by Crippen LogP contribution is -2.62. The number of hydroxylamine groups is 4. The SMILES string of the molecule is CC(=O)Nc1ccc(-c2cccc(CN3O[C@@H](CO)[C@@H]([C@H](C)O)[C@H]3C(=O)NC3C[C@H]4C[C@@H]([C@@H]3C)C4(C)C)c2)cc1.CC(=O)Nc1ccc(-c2cccc(CN3O[C@@H](CO)[C@H]4[C@H](C)OC(=O)[C@H]43)c2)cc1.C[C@@H]1[C@@H](N)C[C@H]2C[C@@H]1C2(C)C. The molecule has 3 saturated heterocycles. The van der Waals surface area contributed by atoms with Crippen LogP contribution in [-0.4, -0.2) is 111 Å². The van der Waals surface area contributed by atoms with Gasteiger partial charge in [0.05, 0.1) is 38.3 Å². The molecule has 0 aromatic heterocycles. The van der Waals surface area contributed by atoms with Crippen molar-refractivity contribution in [1.29, 1.82) is 0 Å². The summed E-state index contributed by atoms with van der Waals surface area (Å²) in [4.78, 5) is 60.6. The summed E-state index contributed by atoms with van der Waals surface area (Å²) in [5, 5.41) is 42.5. The van der Waals surface area contributed by atoms with Gasteiger partial charge < -0.3 is 41.7 Å². The molecule has 4 bridgehead atoms. The standard InChI is InChI=1S/C32H43N3O5.C22H24N2O5.C10H19N/c1-18-26-14-24(32(26,4)5)15-27(18)34-31(39)30-29(19(2)37)28(17-36)40-35(30)16-21-7-6-8-23(13-21)22-9-11-25(12-10-22)33-20(3)38;1-13-20-19(12-25)29-24(21(20)22(27)28-13)11-15-4-3-5-17(10-15)16-6-8-18(9-7-16)23-14(2)26;1-6-8-4-7(5-9(6)11)10(8,2)3/h6-13,18-19,24,26-30,36-37H,14-17H2,1-5H3,(H,33,38)(H,34,39);3-10,13,19-21,25H,11-12H2,1-2H3,(H,23,26);6-9H,4-5,11H2,1-3H3/t18-,19-,24+,26-,27?,28-,29+,30-;13-,19-,20+,21-;6-,7+,8-,9-/m000/s1. The van der Waals surface area contributed by atoms with Crippen LogP contribution in [0.3, 0.4) is 0 Å². The number of aliphatic hydroxyl groups excluding tert-OH is 3. The zero-order chi connectivity index (χ0) is 57.5. The molecule has 0 spiro atoms. The summed E-state index contributed by atoms with van der Waals surface area (Å²) in [5.41, 5.74) is 14.4. The van der Waals surface area contributed by atoms with E-state index in [0.29, 0.717) is 47.7 Å². The van der Waals surface area contributed by atoms with E-state index >= 15 is 0 Å². The Morgan fingerprint density at radius 1 is 0.675 bits per heavy atom. The highest BCUT2D eigenvalue weighted by Gasteiger charge is 2.59. The van der Waals surface area contributed by atoms with Crippen molar-refractivity contribution < 1.29 is 48.9 Å². The molecule has 0 radical (unpaired) electrons. The van der Waals surface area contributed by atoms with Crippen LogP contribution in [0.5, 0.6) is 0 Å². The van der Waals surface area contributed by atoms with Gasteiger partial charge in [-0.1, -0.05) is 102 Å². The number of ether oxygens (including phenoxy) is 1. The van der Waals surface area contributed by atoms with Gasteiger partial charge in [0.2, 0.25) is 17.7 Å². The van der Waals surface area contributed by atoms with E-state index in [9.17, 15) is 34.5 Å². The van der Waals surface area contributed by atoms with Gasteiger partial charge in [0.25, 0.3) is 0 Å². The van der Waals surface area contributed by atoms with Crippen molar-refractivity contribution in [2.24, 2.45) is 63.9 Å². The highest BCUT2D eigenvalue weighted by atomic mass is 16.7. The molecular formula is C64H86N6O10. The van der Waals surface area contributed by atoms with Gasteiger partial charge in [-0.25, -0.2) is 0 Å². The maximum atomic E-state index is 13.9. The Kier molecular flexibility index (Phi) is 17.8. The number of rotatable bonds is 13. The average molecular weight is 1100 g/mol. The number of nitrogens with one attached hydrogen (secondary N) is 3. The molecule has 4 aromatic rings. The van der Waals surface area contributed by atoms with Gasteiger partial charge in [-0.05, 0) is 156 Å². The number of benzene rings is 4. The van der Waals surface area contributed by atoms with Gasteiger partial charge in [0.1, 0.15) is 30.4 Å². The maximum Gasteiger partial charge on any atom is 0.326 e. The zero-order valence-electron chi connectivity index (χ0n) is 48.3. The van der Waals surface area contributed by atoms with Crippen LogP contribution < -0.4 is 21.7 Å². The van der Waals surface area contributed by atoms with Crippen LogP contribution in [0.25, 0.3) is 22.3 Å². The highest BCUT2D eigenvalue weighted by molar-refractivity contribution is 5.89. The largest absolute Gasteiger partial charge is 0.461 e. The number of carbonyl (C=O) groups excluding carboxylic acids is 4. The summed E-state index contributed by atoms with van der Waals surface area (Å²) in [6.45, 7) is 20.8. The van der Waals surface area contributed by atoms with Crippen molar-refractivity contribution >= 4 is 35.1 Å². The van der Waals surface area contributed by atoms with E-state index in [0.717, 1.165) is 68.9 Å². The molecule has 80 heavy (non-hydrogen) atoms. The molecule has 9 fully saturated rings. The van der Waals surface area contributed by atoms with Crippen LogP contribution >= 0.6 is 0 Å². The van der Waals surface area contributed by atoms with Gasteiger partial charge in [-0.15, -0.1) is 0 Å². The number of cyclic esters (lactones) is 1. The Morgan fingerprint density at radius 2 is 1.16 bits per heavy atom. The number of carbonyl (C=O) groups is 4. The fraction of sp³-hybridized carbons (Fsp3) is 0.562. The van der Waals surface area contributed by atoms with E-state index in [1.54, 1.807) is 17.1 Å². The number of anilines is 2. The fourth-order valence-corrected chi connectivity index (χ4v) is 14.8. The number of esters is 1. The number of hydrogen-bond acceptors (Lipinski definition) is 13. The van der Waals surface area contributed by atoms with Crippen molar-refractivity contribution in [3.8, 4) is 22.3 Å². The van der Waals surface area contributed by atoms with Crippen LogP contribution in [-0.2, 0) is 46.7 Å². The Balaban J connectivity index is 0.000000167. The second-order valence-corrected chi connectivity index (χ2v) is 25.3. The van der Waals surface area contributed by atoms with E-state index < -0.39 is 36.3 Å². The first-order valence-corrected chi connectivity index (χ1v) is 29.0. The molecule has 1 unspecified atom stereocenters. The Morgan fingerprint density at radius 3 is 1.61 bits per heavy atom. The van der Waals surface area contributed by atoms with Crippen molar-refractivity contribution in [3.05, 3.63) is 108 Å². The average Bonchev–Trinajstić information content (AvgIpc) is 4.22. The van der Waals surface area contributed by atoms with Crippen LogP contribution in [0.4, 0.5) is 11.4 Å². The summed E-state index contributed by atoms with van der Waals surface area (Å²) in [7, 11) is 0. The van der Waals surface area contributed by atoms with E-state index in [4.69, 9.17) is 20.1 Å². The normalized spacial score (nSPS) is 32.7. The first-order chi connectivity index (χ1) is 38.0. The smallest absolute Gasteiger partial charge is 0.326 e. The summed E-state index contributed by atoms with van der Waals surface area (Å²) in [6.07, 6.45) is 2.70. The quantitative estimate of drug-likeness (QED) is 0.0626. The fourth-order valence-electron chi connectivity index (χ4n) is 14.8. The maximum absolute atomic E-state index is 13.9. The topological polar surface area (TPSA) is 225 Å². The van der Waals surface area contributed by atoms with Gasteiger partial charge in [0, 0.05) is 43.2 Å². The first kappa shape index (κ1) is 59.1. The van der Waals surface area contributed by atoms with E-state index in [-0.39, 0.29) is 55.0 Å². The van der Waals surface area contributed by atoms with Gasteiger partial charge in [0.15, 0.2) is 0 Å². The molecule has 16 nitrogen and oxygen atoms in total. The van der Waals surface area contributed by atoms with Crippen LogP contribution in [0.1, 0.15) is 106 Å². The summed E-state index contributed by atoms with van der Waals surface area (Å²) >= 11 is 0. The molecule has 8 N–H and O–H groups in total. The second-order valence-electron chi connectivity index (χ2n) is 25.3. The predicted octanol–water partition coefficient (Wildman–Crippen LogP) is 8.34. The summed E-state index contributed by atoms with van der Waals surface area (Å²) in [5.74, 6) is 2.79. The lowest BCUT2D eigenvalue weighted by Gasteiger charge is -2.62. The number of hydrogen-bond donors (Lipinski definition) is 7. The molecule has 3 aliphatic heterocycles. The Bertz CT molecular complexity index is 2840. The van der Waals surface area contributed by atoms with Crippen molar-refractivity contribution in [2.45, 2.75) is 157 Å². The molecular weight excluding hydrogens is 1010 g/mol. The zero-order valence-corrected chi connectivity index (χ0v) is 48.3. The minimum atomic E-state index is -0.831. The monoisotopic (exact) mass is 1100 g/mol. The number of amides is 3. The lowest BCUT2D eigenvalue weighted by molar-refractivity contribution is -0.195. The summed E-state index contributed by atoms with van der Waals surface area (Å²) in [6, 6.07) is 30.6. The molecule has 3 amide bonds. The van der Waals surface area contributed by atoms with E-state index in [2.05, 4.69) is 57.5 Å². The van der Waals surface area contributed by atoms with Gasteiger partial charge in [-0.3, -0.25) is 28.9 Å². The number of nitrogens with two attached hydrogens (primary N) is 1. The van der Waals surface area contributed by atoms with Crippen molar-refractivity contribution in [2.75, 3.05) is 23.8 Å². The second kappa shape index (κ2) is 24.1. The molecule has 13 rings (SSSR count).